The van der Waals surface area contributed by atoms with Crippen LogP contribution in [0, 0.1) is 48.5 Å². The average molecular weight is 904 g/mol. The molecule has 0 amide bonds. The van der Waals surface area contributed by atoms with E-state index in [1.165, 1.54) is 44.2 Å². The zero-order valence-electron chi connectivity index (χ0n) is 33.4. The monoisotopic (exact) mass is 904 g/mol. The molecular formula is C47H55IrN2O2S-. The van der Waals surface area contributed by atoms with Gasteiger partial charge in [0.2, 0.25) is 0 Å². The maximum Gasteiger partial charge on any atom is 0.162 e. The molecule has 0 fully saturated rings. The molecule has 6 rings (SSSR count). The van der Waals surface area contributed by atoms with Crippen LogP contribution in [0.25, 0.3) is 42.6 Å². The molecule has 3 aromatic carbocycles. The summed E-state index contributed by atoms with van der Waals surface area (Å²) in [4.78, 5) is 16.6. The summed E-state index contributed by atoms with van der Waals surface area (Å²) in [5, 5.41) is 21.9. The SMILES string of the molecule is CCC(CC)C(=O)/C=C(\O)C(CC)CC.Cc1[c-]c(-c2ncc(C#N)c3c2sc2c(C)c(CC(C)(C)C)ccc23)cc2c1-c1ccccc1C2(C)C.[Ir]. The number of aryl methyl sites for hydroxylation is 2. The number of aromatic nitrogens is 1. The number of allylic oxidation sites excluding steroid dienone is 2. The topological polar surface area (TPSA) is 74.0 Å². The second-order valence-electron chi connectivity index (χ2n) is 16.2. The zero-order chi connectivity index (χ0) is 38.1. The second-order valence-corrected chi connectivity index (χ2v) is 17.2. The van der Waals surface area contributed by atoms with E-state index < -0.39 is 0 Å². The molecule has 0 aliphatic heterocycles. The van der Waals surface area contributed by atoms with E-state index in [4.69, 9.17) is 4.98 Å². The molecule has 0 bridgehead atoms. The summed E-state index contributed by atoms with van der Waals surface area (Å²) in [6.07, 6.45) is 7.68. The van der Waals surface area contributed by atoms with Gasteiger partial charge in [0.1, 0.15) is 6.07 Å². The van der Waals surface area contributed by atoms with E-state index in [1.807, 2.05) is 27.7 Å². The third-order valence-electron chi connectivity index (χ3n) is 11.0. The van der Waals surface area contributed by atoms with Crippen molar-refractivity contribution in [1.29, 1.82) is 5.26 Å². The number of aliphatic hydroxyl groups excluding tert-OH is 1. The van der Waals surface area contributed by atoms with Crippen LogP contribution in [0.1, 0.15) is 121 Å². The van der Waals surface area contributed by atoms with Gasteiger partial charge in [-0.05, 0) is 66.5 Å². The third kappa shape index (κ3) is 8.24. The van der Waals surface area contributed by atoms with Gasteiger partial charge in [0.25, 0.3) is 0 Å². The summed E-state index contributed by atoms with van der Waals surface area (Å²) in [5.74, 6) is 0.547. The number of hydrogen-bond donors (Lipinski definition) is 1. The first-order valence-corrected chi connectivity index (χ1v) is 19.8. The standard InChI is InChI=1S/C34H31N2S.C13H24O2.Ir/c1-19-14-22(15-27-28(19)24-10-8-9-11-26(24)34(27,6)7)30-32-29(23(17-35)18-36-30)25-13-12-21(16-33(3,4)5)20(2)31(25)37-32;1-5-10(6-2)12(14)9-13(15)11(7-3)8-4;/h8-13,15,18H,16H2,1-7H3;9-11,14H,5-8H2,1-4H3;/q-1;;/b;12-9-;. The Morgan fingerprint density at radius 3 is 2.23 bits per heavy atom. The van der Waals surface area contributed by atoms with Gasteiger partial charge >= 0.3 is 0 Å². The Balaban J connectivity index is 0.000000335. The molecule has 0 unspecified atom stereocenters. The number of pyridine rings is 1. The van der Waals surface area contributed by atoms with E-state index in [2.05, 4.69) is 103 Å². The number of fused-ring (bicyclic) bond motifs is 6. The van der Waals surface area contributed by atoms with Crippen molar-refractivity contribution in [1.82, 2.24) is 4.98 Å². The number of benzene rings is 3. The van der Waals surface area contributed by atoms with E-state index in [0.717, 1.165) is 64.4 Å². The minimum atomic E-state index is -0.0924. The molecule has 2 heterocycles. The van der Waals surface area contributed by atoms with E-state index in [1.54, 1.807) is 17.5 Å². The molecule has 0 atom stereocenters. The summed E-state index contributed by atoms with van der Waals surface area (Å²) < 4.78 is 2.34. The van der Waals surface area contributed by atoms with Gasteiger partial charge < -0.3 is 10.1 Å². The zero-order valence-corrected chi connectivity index (χ0v) is 36.6. The number of nitriles is 1. The number of carbonyl (C=O) groups excluding carboxylic acids is 1. The summed E-state index contributed by atoms with van der Waals surface area (Å²) in [6, 6.07) is 21.6. The summed E-state index contributed by atoms with van der Waals surface area (Å²) in [7, 11) is 0. The Hall–Kier alpha value is -3.62. The number of ketones is 1. The van der Waals surface area contributed by atoms with Crippen molar-refractivity contribution >= 4 is 37.3 Å². The van der Waals surface area contributed by atoms with Crippen molar-refractivity contribution in [3.05, 3.63) is 99.9 Å². The number of carbonyl (C=O) groups is 1. The fourth-order valence-corrected chi connectivity index (χ4v) is 9.27. The molecule has 1 aliphatic rings. The van der Waals surface area contributed by atoms with Crippen molar-refractivity contribution in [3.63, 3.8) is 0 Å². The molecule has 0 saturated carbocycles. The predicted octanol–water partition coefficient (Wildman–Crippen LogP) is 13.2. The Kier molecular flexibility index (Phi) is 13.4. The molecule has 1 radical (unpaired) electrons. The normalized spacial score (nSPS) is 13.4. The van der Waals surface area contributed by atoms with Crippen LogP contribution in [-0.2, 0) is 36.7 Å². The largest absolute Gasteiger partial charge is 0.512 e. The minimum Gasteiger partial charge on any atom is -0.512 e. The van der Waals surface area contributed by atoms with Crippen molar-refractivity contribution < 1.29 is 30.0 Å². The Bertz CT molecular complexity index is 2200. The molecule has 5 aromatic rings. The van der Waals surface area contributed by atoms with Crippen LogP contribution in [0.2, 0.25) is 0 Å². The van der Waals surface area contributed by atoms with Gasteiger partial charge in [0.05, 0.1) is 11.3 Å². The minimum absolute atomic E-state index is 0. The number of nitrogens with zero attached hydrogens (tertiary/aromatic N) is 2. The Labute approximate surface area is 335 Å². The van der Waals surface area contributed by atoms with E-state index in [9.17, 15) is 15.2 Å². The van der Waals surface area contributed by atoms with Gasteiger partial charge in [-0.15, -0.1) is 40.2 Å². The van der Waals surface area contributed by atoms with Gasteiger partial charge in [0, 0.05) is 70.1 Å². The van der Waals surface area contributed by atoms with Crippen molar-refractivity contribution in [2.75, 3.05) is 0 Å². The molecule has 53 heavy (non-hydrogen) atoms. The molecule has 281 valence electrons. The van der Waals surface area contributed by atoms with E-state index in [-0.39, 0.29) is 54.3 Å². The predicted molar refractivity (Wildman–Crippen MR) is 220 cm³/mol. The smallest absolute Gasteiger partial charge is 0.162 e. The molecule has 1 N–H and O–H groups in total. The maximum atomic E-state index is 11.7. The summed E-state index contributed by atoms with van der Waals surface area (Å²) >= 11 is 1.77. The molecular weight excluding hydrogens is 849 g/mol. The number of aliphatic hydroxyl groups is 1. The van der Waals surface area contributed by atoms with Crippen LogP contribution < -0.4 is 0 Å². The molecule has 6 heteroatoms. The first-order valence-electron chi connectivity index (χ1n) is 19.0. The first-order chi connectivity index (χ1) is 24.6. The van der Waals surface area contributed by atoms with Crippen LogP contribution in [-0.4, -0.2) is 15.9 Å². The molecule has 2 aromatic heterocycles. The maximum absolute atomic E-state index is 11.7. The van der Waals surface area contributed by atoms with Crippen LogP contribution in [0.3, 0.4) is 0 Å². The molecule has 4 nitrogen and oxygen atoms in total. The van der Waals surface area contributed by atoms with Gasteiger partial charge in [-0.3, -0.25) is 4.79 Å². The fourth-order valence-electron chi connectivity index (χ4n) is 7.92. The van der Waals surface area contributed by atoms with Gasteiger partial charge in [0.15, 0.2) is 5.78 Å². The van der Waals surface area contributed by atoms with Crippen LogP contribution >= 0.6 is 11.3 Å². The molecule has 0 spiro atoms. The molecule has 0 saturated heterocycles. The van der Waals surface area contributed by atoms with E-state index in [0.29, 0.717) is 5.56 Å². The number of thiophene rings is 1. The van der Waals surface area contributed by atoms with E-state index >= 15 is 0 Å². The quantitative estimate of drug-likeness (QED) is 0.0908. The van der Waals surface area contributed by atoms with Gasteiger partial charge in [-0.2, -0.15) is 5.26 Å². The van der Waals surface area contributed by atoms with Crippen molar-refractivity contribution in [2.45, 2.75) is 114 Å². The Morgan fingerprint density at radius 2 is 1.62 bits per heavy atom. The summed E-state index contributed by atoms with van der Waals surface area (Å²) in [6.45, 7) is 23.9. The van der Waals surface area contributed by atoms with Crippen LogP contribution in [0.15, 0.2) is 60.5 Å². The number of hydrogen-bond acceptors (Lipinski definition) is 5. The summed E-state index contributed by atoms with van der Waals surface area (Å²) in [5.41, 5.74) is 11.8. The van der Waals surface area contributed by atoms with Gasteiger partial charge in [-0.1, -0.05) is 117 Å². The van der Waals surface area contributed by atoms with Gasteiger partial charge in [-0.25, -0.2) is 0 Å². The average Bonchev–Trinajstić information content (AvgIpc) is 3.60. The van der Waals surface area contributed by atoms with Crippen molar-refractivity contribution in [3.8, 4) is 28.5 Å². The first kappa shape index (κ1) is 42.1. The molecule has 1 aliphatic carbocycles. The number of rotatable bonds is 9. The van der Waals surface area contributed by atoms with Crippen LogP contribution in [0.5, 0.6) is 0 Å². The third-order valence-corrected chi connectivity index (χ3v) is 12.3. The second kappa shape index (κ2) is 16.8. The Morgan fingerprint density at radius 1 is 0.981 bits per heavy atom. The van der Waals surface area contributed by atoms with Crippen LogP contribution in [0.4, 0.5) is 0 Å². The van der Waals surface area contributed by atoms with Crippen molar-refractivity contribution in [2.24, 2.45) is 17.3 Å². The fraction of sp³-hybridized carbons (Fsp3) is 0.426.